The van der Waals surface area contributed by atoms with E-state index in [1.165, 1.54) is 6.07 Å². The third-order valence-electron chi connectivity index (χ3n) is 2.45. The second kappa shape index (κ2) is 5.15. The minimum absolute atomic E-state index is 0.254. The van der Waals surface area contributed by atoms with Gasteiger partial charge in [0.05, 0.1) is 10.7 Å². The summed E-state index contributed by atoms with van der Waals surface area (Å²) in [5.41, 5.74) is 2.26. The molecule has 0 atom stereocenters. The molecule has 0 bridgehead atoms. The highest BCUT2D eigenvalue weighted by molar-refractivity contribution is 6.31. The zero-order chi connectivity index (χ0) is 12.3. The van der Waals surface area contributed by atoms with Crippen LogP contribution < -0.4 is 5.32 Å². The monoisotopic (exact) mass is 250 g/mol. The number of aromatic nitrogens is 1. The van der Waals surface area contributed by atoms with Gasteiger partial charge in [0.2, 0.25) is 0 Å². The predicted molar refractivity (Wildman–Crippen MR) is 67.7 cm³/mol. The first kappa shape index (κ1) is 11.9. The maximum atomic E-state index is 13.5. The summed E-state index contributed by atoms with van der Waals surface area (Å²) in [5.74, 6) is -0.254. The second-order valence-corrected chi connectivity index (χ2v) is 4.21. The van der Waals surface area contributed by atoms with E-state index < -0.39 is 0 Å². The molecule has 1 N–H and O–H groups in total. The van der Waals surface area contributed by atoms with E-state index in [-0.39, 0.29) is 5.82 Å². The normalized spacial score (nSPS) is 10.3. The fraction of sp³-hybridized carbons (Fsp3) is 0.154. The van der Waals surface area contributed by atoms with Crippen molar-refractivity contribution in [2.45, 2.75) is 13.5 Å². The average Bonchev–Trinajstić information content (AvgIpc) is 2.30. The zero-order valence-electron chi connectivity index (χ0n) is 9.37. The molecule has 0 aliphatic rings. The van der Waals surface area contributed by atoms with E-state index in [4.69, 9.17) is 11.6 Å². The zero-order valence-corrected chi connectivity index (χ0v) is 10.1. The molecule has 1 aromatic heterocycles. The van der Waals surface area contributed by atoms with Crippen molar-refractivity contribution in [3.8, 4) is 0 Å². The van der Waals surface area contributed by atoms with Gasteiger partial charge in [-0.25, -0.2) is 4.39 Å². The van der Waals surface area contributed by atoms with E-state index in [1.54, 1.807) is 24.5 Å². The Morgan fingerprint density at radius 3 is 2.88 bits per heavy atom. The van der Waals surface area contributed by atoms with Crippen LogP contribution in [0.4, 0.5) is 10.1 Å². The first-order chi connectivity index (χ1) is 8.16. The quantitative estimate of drug-likeness (QED) is 0.896. The lowest BCUT2D eigenvalue weighted by atomic mass is 10.2. The highest BCUT2D eigenvalue weighted by Crippen LogP contribution is 2.18. The molecule has 0 unspecified atom stereocenters. The fourth-order valence-corrected chi connectivity index (χ4v) is 1.69. The van der Waals surface area contributed by atoms with Crippen LogP contribution in [0.25, 0.3) is 0 Å². The summed E-state index contributed by atoms with van der Waals surface area (Å²) in [7, 11) is 0. The van der Waals surface area contributed by atoms with Gasteiger partial charge in [0.25, 0.3) is 0 Å². The maximum absolute atomic E-state index is 13.5. The molecule has 2 rings (SSSR count). The highest BCUT2D eigenvalue weighted by atomic mass is 35.5. The molecule has 4 heteroatoms. The third kappa shape index (κ3) is 2.94. The van der Waals surface area contributed by atoms with E-state index >= 15 is 0 Å². The summed E-state index contributed by atoms with van der Waals surface area (Å²) >= 11 is 5.96. The van der Waals surface area contributed by atoms with E-state index in [9.17, 15) is 4.39 Å². The summed E-state index contributed by atoms with van der Waals surface area (Å²) in [5, 5.41) is 3.59. The number of hydrogen-bond acceptors (Lipinski definition) is 2. The van der Waals surface area contributed by atoms with E-state index in [2.05, 4.69) is 10.3 Å². The minimum Gasteiger partial charge on any atom is -0.379 e. The molecular formula is C13H12ClFN2. The van der Waals surface area contributed by atoms with Crippen LogP contribution in [-0.2, 0) is 6.54 Å². The molecule has 17 heavy (non-hydrogen) atoms. The lowest BCUT2D eigenvalue weighted by molar-refractivity contribution is 0.629. The summed E-state index contributed by atoms with van der Waals surface area (Å²) in [4.78, 5) is 3.90. The van der Waals surface area contributed by atoms with Gasteiger partial charge in [0.15, 0.2) is 0 Å². The summed E-state index contributed by atoms with van der Waals surface area (Å²) in [6.07, 6.45) is 3.23. The molecule has 0 aliphatic heterocycles. The molecular weight excluding hydrogens is 239 g/mol. The smallest absolute Gasteiger partial charge is 0.146 e. The third-order valence-corrected chi connectivity index (χ3v) is 2.79. The Bertz CT molecular complexity index is 529. The topological polar surface area (TPSA) is 24.9 Å². The first-order valence-corrected chi connectivity index (χ1v) is 5.63. The van der Waals surface area contributed by atoms with Gasteiger partial charge in [-0.1, -0.05) is 17.7 Å². The Morgan fingerprint density at radius 1 is 1.35 bits per heavy atom. The Labute approximate surface area is 104 Å². The molecule has 2 nitrogen and oxygen atoms in total. The number of hydrogen-bond donors (Lipinski definition) is 1. The van der Waals surface area contributed by atoms with Crippen LogP contribution in [0.15, 0.2) is 36.7 Å². The van der Waals surface area contributed by atoms with Crippen molar-refractivity contribution < 1.29 is 4.39 Å². The molecule has 1 aromatic carbocycles. The SMILES string of the molecule is Cc1ccc(NCc2ccncc2Cl)c(F)c1. The van der Waals surface area contributed by atoms with Gasteiger partial charge in [-0.3, -0.25) is 4.98 Å². The van der Waals surface area contributed by atoms with Gasteiger partial charge in [-0.2, -0.15) is 0 Å². The van der Waals surface area contributed by atoms with Gasteiger partial charge in [0, 0.05) is 18.9 Å². The van der Waals surface area contributed by atoms with Crippen LogP contribution in [0.2, 0.25) is 5.02 Å². The van der Waals surface area contributed by atoms with Gasteiger partial charge in [0.1, 0.15) is 5.82 Å². The summed E-state index contributed by atoms with van der Waals surface area (Å²) in [6.45, 7) is 2.33. The molecule has 1 heterocycles. The molecule has 0 saturated carbocycles. The Hall–Kier alpha value is -1.61. The number of aryl methyl sites for hydroxylation is 1. The minimum atomic E-state index is -0.254. The lowest BCUT2D eigenvalue weighted by Gasteiger charge is -2.09. The van der Waals surface area contributed by atoms with Gasteiger partial charge >= 0.3 is 0 Å². The number of nitrogens with zero attached hydrogens (tertiary/aromatic N) is 1. The van der Waals surface area contributed by atoms with E-state index in [0.29, 0.717) is 17.3 Å². The second-order valence-electron chi connectivity index (χ2n) is 3.80. The number of pyridine rings is 1. The van der Waals surface area contributed by atoms with Crippen molar-refractivity contribution in [3.05, 3.63) is 58.6 Å². The van der Waals surface area contributed by atoms with Crippen molar-refractivity contribution in [2.24, 2.45) is 0 Å². The van der Waals surface area contributed by atoms with Gasteiger partial charge in [-0.05, 0) is 36.2 Å². The molecule has 0 saturated heterocycles. The Kier molecular flexibility index (Phi) is 3.59. The van der Waals surface area contributed by atoms with Crippen molar-refractivity contribution >= 4 is 17.3 Å². The van der Waals surface area contributed by atoms with Crippen molar-refractivity contribution in [3.63, 3.8) is 0 Å². The van der Waals surface area contributed by atoms with Gasteiger partial charge in [-0.15, -0.1) is 0 Å². The number of anilines is 1. The lowest BCUT2D eigenvalue weighted by Crippen LogP contribution is -2.02. The highest BCUT2D eigenvalue weighted by Gasteiger charge is 2.03. The standard InChI is InChI=1S/C13H12ClFN2/c1-9-2-3-13(12(15)6-9)17-7-10-4-5-16-8-11(10)14/h2-6,8,17H,7H2,1H3. The largest absolute Gasteiger partial charge is 0.379 e. The Balaban J connectivity index is 2.10. The molecule has 0 aliphatic carbocycles. The van der Waals surface area contributed by atoms with Gasteiger partial charge < -0.3 is 5.32 Å². The van der Waals surface area contributed by atoms with Crippen molar-refractivity contribution in [2.75, 3.05) is 5.32 Å². The summed E-state index contributed by atoms with van der Waals surface area (Å²) < 4.78 is 13.5. The van der Waals surface area contributed by atoms with Crippen molar-refractivity contribution in [1.29, 1.82) is 0 Å². The first-order valence-electron chi connectivity index (χ1n) is 5.25. The molecule has 0 radical (unpaired) electrons. The molecule has 0 fully saturated rings. The number of benzene rings is 1. The van der Waals surface area contributed by atoms with Crippen molar-refractivity contribution in [1.82, 2.24) is 4.98 Å². The predicted octanol–water partition coefficient (Wildman–Crippen LogP) is 3.79. The average molecular weight is 251 g/mol. The van der Waals surface area contributed by atoms with Crippen LogP contribution in [0.3, 0.4) is 0 Å². The molecule has 88 valence electrons. The van der Waals surface area contributed by atoms with E-state index in [0.717, 1.165) is 11.1 Å². The number of rotatable bonds is 3. The van der Waals surface area contributed by atoms with Crippen LogP contribution in [0, 0.1) is 12.7 Å². The fourth-order valence-electron chi connectivity index (χ4n) is 1.50. The molecule has 0 amide bonds. The van der Waals surface area contributed by atoms with E-state index in [1.807, 2.05) is 13.0 Å². The Morgan fingerprint density at radius 2 is 2.18 bits per heavy atom. The molecule has 2 aromatic rings. The van der Waals surface area contributed by atoms with Crippen LogP contribution >= 0.6 is 11.6 Å². The molecule has 0 spiro atoms. The number of nitrogens with one attached hydrogen (secondary N) is 1. The van der Waals surface area contributed by atoms with Crippen LogP contribution in [0.5, 0.6) is 0 Å². The maximum Gasteiger partial charge on any atom is 0.146 e. The number of halogens is 2. The van der Waals surface area contributed by atoms with Crippen LogP contribution in [0.1, 0.15) is 11.1 Å². The summed E-state index contributed by atoms with van der Waals surface area (Å²) in [6, 6.07) is 6.89. The van der Waals surface area contributed by atoms with Crippen LogP contribution in [-0.4, -0.2) is 4.98 Å².